The lowest BCUT2D eigenvalue weighted by Crippen LogP contribution is -2.47. The summed E-state index contributed by atoms with van der Waals surface area (Å²) in [5, 5.41) is 0. The zero-order valence-corrected chi connectivity index (χ0v) is 10.8. The van der Waals surface area contributed by atoms with E-state index in [1.165, 1.54) is 12.7 Å². The highest BCUT2D eigenvalue weighted by Crippen LogP contribution is 2.27. The van der Waals surface area contributed by atoms with Crippen molar-refractivity contribution in [1.29, 1.82) is 0 Å². The van der Waals surface area contributed by atoms with Gasteiger partial charge in [-0.2, -0.15) is 9.37 Å². The van der Waals surface area contributed by atoms with Crippen LogP contribution in [0.4, 0.5) is 4.39 Å². The minimum Gasteiger partial charge on any atom is -0.474 e. The number of hydrogen-bond donors (Lipinski definition) is 1. The van der Waals surface area contributed by atoms with Gasteiger partial charge in [0.05, 0.1) is 11.2 Å². The first-order valence-corrected chi connectivity index (χ1v) is 6.56. The average molecular weight is 253 g/mol. The summed E-state index contributed by atoms with van der Waals surface area (Å²) in [7, 11) is 0. The monoisotopic (exact) mass is 253 g/mol. The van der Waals surface area contributed by atoms with Crippen molar-refractivity contribution >= 4 is 0 Å². The van der Waals surface area contributed by atoms with Gasteiger partial charge in [-0.1, -0.05) is 26.2 Å². The molecular formula is C13H20FN3O. The van der Waals surface area contributed by atoms with E-state index >= 15 is 0 Å². The Balaban J connectivity index is 2.01. The number of ether oxygens (including phenoxy) is 1. The fraction of sp³-hybridized carbons (Fsp3) is 0.692. The normalized spacial score (nSPS) is 18.6. The molecule has 1 heterocycles. The van der Waals surface area contributed by atoms with Crippen LogP contribution in [-0.4, -0.2) is 22.1 Å². The largest absolute Gasteiger partial charge is 0.474 e. The molecule has 0 aliphatic heterocycles. The van der Waals surface area contributed by atoms with E-state index in [2.05, 4.69) is 9.97 Å². The van der Waals surface area contributed by atoms with Crippen LogP contribution in [0.25, 0.3) is 0 Å². The summed E-state index contributed by atoms with van der Waals surface area (Å²) in [5.74, 6) is -0.434. The van der Waals surface area contributed by atoms with E-state index in [1.807, 2.05) is 6.92 Å². The zero-order valence-electron chi connectivity index (χ0n) is 10.8. The van der Waals surface area contributed by atoms with Crippen LogP contribution in [0.1, 0.15) is 44.7 Å². The van der Waals surface area contributed by atoms with E-state index in [0.717, 1.165) is 25.7 Å². The molecule has 1 fully saturated rings. The maximum absolute atomic E-state index is 13.9. The summed E-state index contributed by atoms with van der Waals surface area (Å²) in [6.07, 6.45) is 7.18. The summed E-state index contributed by atoms with van der Waals surface area (Å²) in [6, 6.07) is 0. The second-order valence-electron chi connectivity index (χ2n) is 5.00. The molecule has 1 aromatic rings. The van der Waals surface area contributed by atoms with Crippen molar-refractivity contribution in [3.8, 4) is 5.88 Å². The standard InChI is InChI=1S/C13H20FN3O/c1-2-10-11(14)12(17-9-16-10)18-8-13(15)6-4-3-5-7-13/h9H,2-8,15H2,1H3. The molecule has 1 aromatic heterocycles. The summed E-state index contributed by atoms with van der Waals surface area (Å²) in [5.41, 5.74) is 6.29. The van der Waals surface area contributed by atoms with Gasteiger partial charge in [-0.25, -0.2) is 4.98 Å². The summed E-state index contributed by atoms with van der Waals surface area (Å²) >= 11 is 0. The number of hydrogen-bond acceptors (Lipinski definition) is 4. The van der Waals surface area contributed by atoms with Gasteiger partial charge in [-0.05, 0) is 19.3 Å². The number of nitrogens with two attached hydrogens (primary N) is 1. The Morgan fingerprint density at radius 3 is 2.72 bits per heavy atom. The lowest BCUT2D eigenvalue weighted by atomic mass is 9.83. The highest BCUT2D eigenvalue weighted by Gasteiger charge is 2.29. The second-order valence-corrected chi connectivity index (χ2v) is 5.00. The Kier molecular flexibility index (Phi) is 4.11. The van der Waals surface area contributed by atoms with Crippen molar-refractivity contribution in [1.82, 2.24) is 9.97 Å². The van der Waals surface area contributed by atoms with Gasteiger partial charge in [0.1, 0.15) is 12.9 Å². The van der Waals surface area contributed by atoms with Crippen molar-refractivity contribution in [2.45, 2.75) is 51.0 Å². The van der Waals surface area contributed by atoms with Crippen LogP contribution >= 0.6 is 0 Å². The first kappa shape index (κ1) is 13.2. The number of nitrogens with zero attached hydrogens (tertiary/aromatic N) is 2. The van der Waals surface area contributed by atoms with E-state index in [1.54, 1.807) is 0 Å². The van der Waals surface area contributed by atoms with Crippen molar-refractivity contribution in [3.05, 3.63) is 17.8 Å². The van der Waals surface area contributed by atoms with Crippen LogP contribution < -0.4 is 10.5 Å². The minimum atomic E-state index is -0.459. The molecule has 2 N–H and O–H groups in total. The van der Waals surface area contributed by atoms with E-state index in [-0.39, 0.29) is 11.4 Å². The average Bonchev–Trinajstić information content (AvgIpc) is 2.38. The first-order valence-electron chi connectivity index (χ1n) is 6.56. The molecule has 2 rings (SSSR count). The fourth-order valence-corrected chi connectivity index (χ4v) is 2.35. The number of aryl methyl sites for hydroxylation is 1. The van der Waals surface area contributed by atoms with Gasteiger partial charge in [0.25, 0.3) is 5.88 Å². The smallest absolute Gasteiger partial charge is 0.253 e. The van der Waals surface area contributed by atoms with Crippen LogP contribution in [0.5, 0.6) is 5.88 Å². The van der Waals surface area contributed by atoms with Gasteiger partial charge in [-0.3, -0.25) is 0 Å². The molecule has 4 nitrogen and oxygen atoms in total. The minimum absolute atomic E-state index is 0.0252. The van der Waals surface area contributed by atoms with Gasteiger partial charge < -0.3 is 10.5 Å². The molecule has 1 aliphatic carbocycles. The lowest BCUT2D eigenvalue weighted by molar-refractivity contribution is 0.163. The predicted molar refractivity (Wildman–Crippen MR) is 66.9 cm³/mol. The topological polar surface area (TPSA) is 61.0 Å². The third-order valence-corrected chi connectivity index (χ3v) is 3.51. The van der Waals surface area contributed by atoms with Gasteiger partial charge in [0, 0.05) is 0 Å². The van der Waals surface area contributed by atoms with E-state index in [9.17, 15) is 4.39 Å². The van der Waals surface area contributed by atoms with Crippen LogP contribution in [0.15, 0.2) is 6.33 Å². The number of aromatic nitrogens is 2. The molecule has 0 spiro atoms. The van der Waals surface area contributed by atoms with E-state index < -0.39 is 5.82 Å². The summed E-state index contributed by atoms with van der Waals surface area (Å²) in [4.78, 5) is 7.71. The predicted octanol–water partition coefficient (Wildman–Crippen LogP) is 2.22. The molecule has 0 atom stereocenters. The molecule has 5 heteroatoms. The van der Waals surface area contributed by atoms with Gasteiger partial charge in [0.15, 0.2) is 0 Å². The molecule has 0 radical (unpaired) electrons. The maximum atomic E-state index is 13.9. The molecule has 0 saturated heterocycles. The highest BCUT2D eigenvalue weighted by molar-refractivity contribution is 5.17. The molecule has 1 aliphatic rings. The highest BCUT2D eigenvalue weighted by atomic mass is 19.1. The van der Waals surface area contributed by atoms with Crippen LogP contribution in [-0.2, 0) is 6.42 Å². The molecule has 1 saturated carbocycles. The van der Waals surface area contributed by atoms with Gasteiger partial charge in [0.2, 0.25) is 5.82 Å². The zero-order chi connectivity index (χ0) is 13.0. The van der Waals surface area contributed by atoms with Crippen LogP contribution in [0, 0.1) is 5.82 Å². The third kappa shape index (κ3) is 2.96. The Hall–Kier alpha value is -1.23. The van der Waals surface area contributed by atoms with Crippen LogP contribution in [0.2, 0.25) is 0 Å². The Morgan fingerprint density at radius 1 is 1.33 bits per heavy atom. The molecular weight excluding hydrogens is 233 g/mol. The molecule has 18 heavy (non-hydrogen) atoms. The molecule has 0 bridgehead atoms. The number of halogens is 1. The first-order chi connectivity index (χ1) is 8.64. The van der Waals surface area contributed by atoms with Crippen LogP contribution in [0.3, 0.4) is 0 Å². The van der Waals surface area contributed by atoms with Crippen molar-refractivity contribution in [3.63, 3.8) is 0 Å². The second kappa shape index (κ2) is 5.61. The SMILES string of the molecule is CCc1ncnc(OCC2(N)CCCCC2)c1F. The van der Waals surface area contributed by atoms with Crippen molar-refractivity contribution < 1.29 is 9.13 Å². The lowest BCUT2D eigenvalue weighted by Gasteiger charge is -2.32. The summed E-state index contributed by atoms with van der Waals surface area (Å²) < 4.78 is 19.3. The molecule has 0 amide bonds. The Bertz CT molecular complexity index is 405. The maximum Gasteiger partial charge on any atom is 0.253 e. The third-order valence-electron chi connectivity index (χ3n) is 3.51. The van der Waals surface area contributed by atoms with E-state index in [0.29, 0.717) is 18.7 Å². The van der Waals surface area contributed by atoms with Crippen molar-refractivity contribution in [2.24, 2.45) is 5.73 Å². The van der Waals surface area contributed by atoms with Crippen molar-refractivity contribution in [2.75, 3.05) is 6.61 Å². The Labute approximate surface area is 107 Å². The Morgan fingerprint density at radius 2 is 2.06 bits per heavy atom. The van der Waals surface area contributed by atoms with Gasteiger partial charge in [-0.15, -0.1) is 0 Å². The fourth-order valence-electron chi connectivity index (χ4n) is 2.35. The summed E-state index contributed by atoms with van der Waals surface area (Å²) in [6.45, 7) is 2.17. The quantitative estimate of drug-likeness (QED) is 0.893. The van der Waals surface area contributed by atoms with E-state index in [4.69, 9.17) is 10.5 Å². The molecule has 0 aromatic carbocycles. The van der Waals surface area contributed by atoms with Gasteiger partial charge >= 0.3 is 0 Å². The molecule has 100 valence electrons. The molecule has 0 unspecified atom stereocenters. The number of rotatable bonds is 4.